The standard InChI is InChI=1S/C9H11FN4OS/c10-7-3-5(8(11)15)1-2-6(7)4-16-9(12)14-13/h1-3H,4,13H2,(H2,11,15)(H2,12,14). The van der Waals surface area contributed by atoms with Crippen LogP contribution < -0.4 is 17.3 Å². The summed E-state index contributed by atoms with van der Waals surface area (Å²) in [7, 11) is 0. The molecule has 1 rings (SSSR count). The van der Waals surface area contributed by atoms with Gasteiger partial charge in [0, 0.05) is 11.3 Å². The largest absolute Gasteiger partial charge is 0.377 e. The van der Waals surface area contributed by atoms with Crippen molar-refractivity contribution >= 4 is 22.8 Å². The molecule has 16 heavy (non-hydrogen) atoms. The number of hydrogen-bond donors (Lipinski definition) is 3. The minimum atomic E-state index is -0.666. The van der Waals surface area contributed by atoms with Gasteiger partial charge in [0.1, 0.15) is 5.82 Å². The van der Waals surface area contributed by atoms with Gasteiger partial charge >= 0.3 is 0 Å². The van der Waals surface area contributed by atoms with E-state index < -0.39 is 11.7 Å². The van der Waals surface area contributed by atoms with Crippen LogP contribution in [0.1, 0.15) is 15.9 Å². The summed E-state index contributed by atoms with van der Waals surface area (Å²) in [6, 6.07) is 4.03. The lowest BCUT2D eigenvalue weighted by atomic mass is 10.1. The van der Waals surface area contributed by atoms with Crippen molar-refractivity contribution in [2.24, 2.45) is 22.4 Å². The highest BCUT2D eigenvalue weighted by atomic mass is 32.2. The number of carbonyl (C=O) groups excluding carboxylic acids is 1. The summed E-state index contributed by atoms with van der Waals surface area (Å²) in [6.07, 6.45) is 0. The lowest BCUT2D eigenvalue weighted by Gasteiger charge is -2.03. The summed E-state index contributed by atoms with van der Waals surface area (Å²) in [4.78, 5) is 10.8. The maximum atomic E-state index is 13.4. The van der Waals surface area contributed by atoms with E-state index in [1.54, 1.807) is 0 Å². The van der Waals surface area contributed by atoms with E-state index in [4.69, 9.17) is 17.3 Å². The zero-order chi connectivity index (χ0) is 12.1. The number of thioether (sulfide) groups is 1. The summed E-state index contributed by atoms with van der Waals surface area (Å²) < 4.78 is 13.4. The Kier molecular flexibility index (Phi) is 4.12. The molecule has 0 aromatic heterocycles. The fraction of sp³-hybridized carbons (Fsp3) is 0.111. The first kappa shape index (κ1) is 12.3. The first-order chi connectivity index (χ1) is 7.54. The van der Waals surface area contributed by atoms with Crippen molar-refractivity contribution in [1.29, 1.82) is 0 Å². The molecule has 0 atom stereocenters. The van der Waals surface area contributed by atoms with Crippen molar-refractivity contribution in [2.45, 2.75) is 5.75 Å². The van der Waals surface area contributed by atoms with E-state index in [1.807, 2.05) is 0 Å². The minimum absolute atomic E-state index is 0.131. The second-order valence-corrected chi connectivity index (χ2v) is 3.92. The first-order valence-corrected chi connectivity index (χ1v) is 5.27. The maximum Gasteiger partial charge on any atom is 0.248 e. The number of carbonyl (C=O) groups is 1. The average Bonchev–Trinajstić information content (AvgIpc) is 2.26. The molecule has 0 bridgehead atoms. The zero-order valence-electron chi connectivity index (χ0n) is 8.31. The molecule has 5 nitrogen and oxygen atoms in total. The number of nitrogens with two attached hydrogens (primary N) is 3. The van der Waals surface area contributed by atoms with E-state index in [1.165, 1.54) is 12.1 Å². The van der Waals surface area contributed by atoms with Crippen LogP contribution >= 0.6 is 11.8 Å². The predicted octanol–water partition coefficient (Wildman–Crippen LogP) is 0.346. The highest BCUT2D eigenvalue weighted by Crippen LogP contribution is 2.16. The number of halogens is 1. The second-order valence-electron chi connectivity index (χ2n) is 2.93. The summed E-state index contributed by atoms with van der Waals surface area (Å²) in [5.41, 5.74) is 10.9. The van der Waals surface area contributed by atoms with Crippen LogP contribution in [0.5, 0.6) is 0 Å². The van der Waals surface area contributed by atoms with Gasteiger partial charge in [0.15, 0.2) is 5.17 Å². The molecule has 0 heterocycles. The molecule has 0 saturated heterocycles. The molecule has 0 fully saturated rings. The van der Waals surface area contributed by atoms with Crippen molar-refractivity contribution in [2.75, 3.05) is 0 Å². The van der Waals surface area contributed by atoms with Gasteiger partial charge in [-0.1, -0.05) is 17.8 Å². The molecule has 1 aromatic carbocycles. The molecule has 0 aliphatic rings. The Balaban J connectivity index is 2.79. The number of hydrogen-bond acceptors (Lipinski definition) is 4. The highest BCUT2D eigenvalue weighted by molar-refractivity contribution is 8.13. The van der Waals surface area contributed by atoms with Crippen molar-refractivity contribution in [3.8, 4) is 0 Å². The van der Waals surface area contributed by atoms with Crippen molar-refractivity contribution in [1.82, 2.24) is 0 Å². The third-order valence-corrected chi connectivity index (χ3v) is 2.70. The molecule has 0 aliphatic heterocycles. The number of amides is 1. The molecule has 0 spiro atoms. The van der Waals surface area contributed by atoms with Crippen LogP contribution in [0.4, 0.5) is 4.39 Å². The van der Waals surface area contributed by atoms with Crippen LogP contribution in [0.25, 0.3) is 0 Å². The third-order valence-electron chi connectivity index (χ3n) is 1.84. The monoisotopic (exact) mass is 242 g/mol. The average molecular weight is 242 g/mol. The summed E-state index contributed by atoms with van der Waals surface area (Å²) in [5, 5.41) is 3.40. The third kappa shape index (κ3) is 3.13. The van der Waals surface area contributed by atoms with E-state index in [-0.39, 0.29) is 16.5 Å². The van der Waals surface area contributed by atoms with Gasteiger partial charge in [-0.15, -0.1) is 0 Å². The molecule has 1 amide bonds. The molecule has 6 N–H and O–H groups in total. The smallest absolute Gasteiger partial charge is 0.248 e. The van der Waals surface area contributed by atoms with E-state index in [0.29, 0.717) is 5.56 Å². The maximum absolute atomic E-state index is 13.4. The Labute approximate surface area is 95.9 Å². The Morgan fingerprint density at radius 2 is 2.12 bits per heavy atom. The quantitative estimate of drug-likeness (QED) is 0.307. The van der Waals surface area contributed by atoms with Crippen molar-refractivity contribution < 1.29 is 9.18 Å². The number of amidine groups is 1. The molecule has 0 aliphatic carbocycles. The van der Waals surface area contributed by atoms with Gasteiger partial charge in [-0.3, -0.25) is 4.79 Å². The number of rotatable bonds is 3. The van der Waals surface area contributed by atoms with Gasteiger partial charge in [0.05, 0.1) is 0 Å². The van der Waals surface area contributed by atoms with Gasteiger partial charge in [0.25, 0.3) is 0 Å². The topological polar surface area (TPSA) is 107 Å². The Hall–Kier alpha value is -1.76. The van der Waals surface area contributed by atoms with Crippen molar-refractivity contribution in [3.05, 3.63) is 35.1 Å². The number of primary amides is 1. The van der Waals surface area contributed by atoms with E-state index >= 15 is 0 Å². The summed E-state index contributed by atoms with van der Waals surface area (Å²) in [5.74, 6) is 4.04. The van der Waals surface area contributed by atoms with Gasteiger partial charge in [-0.25, -0.2) is 4.39 Å². The van der Waals surface area contributed by atoms with Gasteiger partial charge in [-0.05, 0) is 17.7 Å². The molecular weight excluding hydrogens is 231 g/mol. The van der Waals surface area contributed by atoms with Crippen LogP contribution in [-0.2, 0) is 5.75 Å². The van der Waals surface area contributed by atoms with Gasteiger partial charge < -0.3 is 17.3 Å². The molecule has 0 saturated carbocycles. The van der Waals surface area contributed by atoms with Gasteiger partial charge in [0.2, 0.25) is 5.91 Å². The zero-order valence-corrected chi connectivity index (χ0v) is 9.13. The molecule has 0 unspecified atom stereocenters. The Bertz CT molecular complexity index is 436. The van der Waals surface area contributed by atoms with Crippen molar-refractivity contribution in [3.63, 3.8) is 0 Å². The normalized spacial score (nSPS) is 11.4. The lowest BCUT2D eigenvalue weighted by Crippen LogP contribution is -2.12. The first-order valence-electron chi connectivity index (χ1n) is 4.29. The van der Waals surface area contributed by atoms with Gasteiger partial charge in [-0.2, -0.15) is 5.10 Å². The lowest BCUT2D eigenvalue weighted by molar-refractivity contribution is 0.1000. The van der Waals surface area contributed by atoms with E-state index in [0.717, 1.165) is 17.8 Å². The SMILES string of the molecule is NN=C(N)SCc1ccc(C(N)=O)cc1F. The van der Waals surface area contributed by atoms with Crippen LogP contribution in [0.3, 0.4) is 0 Å². The number of benzene rings is 1. The fourth-order valence-corrected chi connectivity index (χ4v) is 1.62. The molecule has 7 heteroatoms. The minimum Gasteiger partial charge on any atom is -0.377 e. The molecular formula is C9H11FN4OS. The highest BCUT2D eigenvalue weighted by Gasteiger charge is 2.07. The van der Waals surface area contributed by atoms with Crippen LogP contribution in [0, 0.1) is 5.82 Å². The van der Waals surface area contributed by atoms with E-state index in [9.17, 15) is 9.18 Å². The Morgan fingerprint density at radius 3 is 2.62 bits per heavy atom. The molecule has 86 valence electrons. The molecule has 0 radical (unpaired) electrons. The summed E-state index contributed by atoms with van der Waals surface area (Å²) in [6.45, 7) is 0. The van der Waals surface area contributed by atoms with Crippen LogP contribution in [-0.4, -0.2) is 11.1 Å². The Morgan fingerprint density at radius 1 is 1.44 bits per heavy atom. The number of hydrazone groups is 1. The fourth-order valence-electron chi connectivity index (χ4n) is 1.01. The number of nitrogens with zero attached hydrogens (tertiary/aromatic N) is 1. The summed E-state index contributed by atoms with van der Waals surface area (Å²) >= 11 is 1.10. The molecule has 1 aromatic rings. The predicted molar refractivity (Wildman–Crippen MR) is 62.0 cm³/mol. The van der Waals surface area contributed by atoms with E-state index in [2.05, 4.69) is 5.10 Å². The van der Waals surface area contributed by atoms with Crippen LogP contribution in [0.2, 0.25) is 0 Å². The van der Waals surface area contributed by atoms with Crippen LogP contribution in [0.15, 0.2) is 23.3 Å². The second kappa shape index (κ2) is 5.36.